The Kier molecular flexibility index (Phi) is 7.71. The van der Waals surface area contributed by atoms with Crippen molar-refractivity contribution in [2.45, 2.75) is 106 Å². The van der Waals surface area contributed by atoms with Crippen LogP contribution in [0.1, 0.15) is 93.4 Å². The lowest BCUT2D eigenvalue weighted by Gasteiger charge is -2.58. The fraction of sp³-hybridized carbons (Fsp3) is 0.774. The molecule has 0 aromatic rings. The largest absolute Gasteiger partial charge is 0.462 e. The minimum Gasteiger partial charge on any atom is -0.462 e. The molecule has 37 heavy (non-hydrogen) atoms. The zero-order chi connectivity index (χ0) is 27.3. The minimum absolute atomic E-state index is 0.00960. The summed E-state index contributed by atoms with van der Waals surface area (Å²) in [6, 6.07) is 0. The van der Waals surface area contributed by atoms with Crippen molar-refractivity contribution < 1.29 is 23.9 Å². The first kappa shape index (κ1) is 27.9. The van der Waals surface area contributed by atoms with Gasteiger partial charge in [-0.2, -0.15) is 0 Å². The van der Waals surface area contributed by atoms with Crippen molar-refractivity contribution in [2.75, 3.05) is 0 Å². The molecule has 0 amide bonds. The number of hydrogen-bond donors (Lipinski definition) is 1. The quantitative estimate of drug-likeness (QED) is 0.276. The van der Waals surface area contributed by atoms with Crippen LogP contribution in [0.3, 0.4) is 0 Å². The number of rotatable bonds is 6. The second-order valence-electron chi connectivity index (χ2n) is 13.2. The van der Waals surface area contributed by atoms with E-state index in [4.69, 9.17) is 15.2 Å². The Balaban J connectivity index is 1.63. The second kappa shape index (κ2) is 10.2. The Morgan fingerprint density at radius 2 is 1.70 bits per heavy atom. The molecule has 0 aromatic heterocycles. The van der Waals surface area contributed by atoms with Crippen LogP contribution in [0.2, 0.25) is 0 Å². The van der Waals surface area contributed by atoms with Crippen molar-refractivity contribution in [2.24, 2.45) is 52.1 Å². The first-order valence-corrected chi connectivity index (χ1v) is 14.3. The minimum atomic E-state index is -0.271. The van der Waals surface area contributed by atoms with E-state index in [9.17, 15) is 14.4 Å². The van der Waals surface area contributed by atoms with Crippen molar-refractivity contribution in [3.05, 3.63) is 23.4 Å². The van der Waals surface area contributed by atoms with E-state index in [0.717, 1.165) is 44.9 Å². The Bertz CT molecular complexity index is 998. The zero-order valence-electron chi connectivity index (χ0n) is 23.8. The third-order valence-electron chi connectivity index (χ3n) is 10.8. The maximum absolute atomic E-state index is 13.4. The van der Waals surface area contributed by atoms with Crippen molar-refractivity contribution in [3.63, 3.8) is 0 Å². The van der Waals surface area contributed by atoms with Crippen molar-refractivity contribution in [1.82, 2.24) is 0 Å². The van der Waals surface area contributed by atoms with Crippen LogP contribution in [-0.2, 0) is 23.9 Å². The SMILES string of the molecule is CC(=O)O[C@H]1CC[C@@]2(C)C(=CC[C@H]3[C@@H]4C[C@@H](OC(C)=O)[C@H]([C@H](C)C(=O)/C=C(\N)C(C)C)[C@@]4(C)CC[C@@H]32)C1. The van der Waals surface area contributed by atoms with E-state index in [1.54, 1.807) is 6.08 Å². The van der Waals surface area contributed by atoms with Gasteiger partial charge in [-0.3, -0.25) is 14.4 Å². The van der Waals surface area contributed by atoms with Gasteiger partial charge in [0.25, 0.3) is 0 Å². The van der Waals surface area contributed by atoms with Crippen LogP contribution in [-0.4, -0.2) is 29.9 Å². The maximum atomic E-state index is 13.4. The van der Waals surface area contributed by atoms with E-state index in [1.165, 1.54) is 19.4 Å². The second-order valence-corrected chi connectivity index (χ2v) is 13.2. The van der Waals surface area contributed by atoms with Crippen LogP contribution in [0, 0.1) is 46.3 Å². The molecule has 9 atom stereocenters. The molecule has 6 heteroatoms. The number of carbonyl (C=O) groups is 3. The molecule has 0 spiro atoms. The molecule has 0 heterocycles. The summed E-state index contributed by atoms with van der Waals surface area (Å²) >= 11 is 0. The first-order valence-electron chi connectivity index (χ1n) is 14.3. The topological polar surface area (TPSA) is 95.7 Å². The Labute approximate surface area is 222 Å². The normalized spacial score (nSPS) is 40.1. The summed E-state index contributed by atoms with van der Waals surface area (Å²) in [7, 11) is 0. The van der Waals surface area contributed by atoms with Gasteiger partial charge in [0, 0.05) is 43.9 Å². The Hall–Kier alpha value is -2.11. The van der Waals surface area contributed by atoms with E-state index in [0.29, 0.717) is 23.5 Å². The van der Waals surface area contributed by atoms with Crippen molar-refractivity contribution in [3.8, 4) is 0 Å². The lowest BCUT2D eigenvalue weighted by molar-refractivity contribution is -0.152. The summed E-state index contributed by atoms with van der Waals surface area (Å²) in [5.74, 6) is 0.847. The number of ketones is 1. The van der Waals surface area contributed by atoms with Gasteiger partial charge in [0.2, 0.25) is 0 Å². The molecule has 0 saturated heterocycles. The number of ether oxygens (including phenoxy) is 2. The molecular formula is C31H47NO5. The summed E-state index contributed by atoms with van der Waals surface area (Å²) in [5.41, 5.74) is 8.26. The summed E-state index contributed by atoms with van der Waals surface area (Å²) in [5, 5.41) is 0. The standard InChI is InChI=1S/C31H47NO5/c1-17(2)26(32)16-27(35)18(3)29-28(37-20(5)34)15-25-23-9-8-21-14-22(36-19(4)33)10-12-30(21,6)24(23)11-13-31(25,29)7/h8,16-18,22-25,28-29H,9-15,32H2,1-7H3/b26-16-/t18-,22+,23-,24+,25+,28-,29+,30+,31+/m1/s1. The summed E-state index contributed by atoms with van der Waals surface area (Å²) < 4.78 is 11.5. The molecule has 0 radical (unpaired) electrons. The lowest BCUT2D eigenvalue weighted by atomic mass is 9.47. The molecule has 3 saturated carbocycles. The number of esters is 2. The highest BCUT2D eigenvalue weighted by Gasteiger charge is 2.63. The van der Waals surface area contributed by atoms with Crippen molar-refractivity contribution >= 4 is 17.7 Å². The van der Waals surface area contributed by atoms with Crippen molar-refractivity contribution in [1.29, 1.82) is 0 Å². The van der Waals surface area contributed by atoms with Gasteiger partial charge < -0.3 is 15.2 Å². The predicted molar refractivity (Wildman–Crippen MR) is 143 cm³/mol. The van der Waals surface area contributed by atoms with Gasteiger partial charge in [-0.05, 0) is 73.0 Å². The molecule has 6 nitrogen and oxygen atoms in total. The molecule has 2 N–H and O–H groups in total. The van der Waals surface area contributed by atoms with Crippen LogP contribution in [0.4, 0.5) is 0 Å². The molecule has 206 valence electrons. The van der Waals surface area contributed by atoms with E-state index in [-0.39, 0.29) is 58.5 Å². The first-order chi connectivity index (χ1) is 17.3. The average molecular weight is 514 g/mol. The molecule has 4 aliphatic carbocycles. The van der Waals surface area contributed by atoms with Gasteiger partial charge in [0.05, 0.1) is 0 Å². The molecule has 0 unspecified atom stereocenters. The number of fused-ring (bicyclic) bond motifs is 5. The monoisotopic (exact) mass is 513 g/mol. The lowest BCUT2D eigenvalue weighted by Crippen LogP contribution is -2.51. The van der Waals surface area contributed by atoms with Crippen LogP contribution in [0.25, 0.3) is 0 Å². The van der Waals surface area contributed by atoms with Crippen LogP contribution < -0.4 is 5.73 Å². The third kappa shape index (κ3) is 5.02. The fourth-order valence-corrected chi connectivity index (χ4v) is 8.86. The number of hydrogen-bond acceptors (Lipinski definition) is 6. The van der Waals surface area contributed by atoms with Gasteiger partial charge in [-0.1, -0.05) is 46.3 Å². The van der Waals surface area contributed by atoms with E-state index in [2.05, 4.69) is 19.9 Å². The van der Waals surface area contributed by atoms with Gasteiger partial charge in [0.1, 0.15) is 12.2 Å². The summed E-state index contributed by atoms with van der Waals surface area (Å²) in [6.07, 6.45) is 10.5. The number of nitrogens with two attached hydrogens (primary N) is 1. The van der Waals surface area contributed by atoms with Crippen LogP contribution >= 0.6 is 0 Å². The zero-order valence-corrected chi connectivity index (χ0v) is 23.8. The molecular weight excluding hydrogens is 466 g/mol. The van der Waals surface area contributed by atoms with Gasteiger partial charge >= 0.3 is 11.9 Å². The van der Waals surface area contributed by atoms with E-state index in [1.807, 2.05) is 20.8 Å². The molecule has 0 aromatic carbocycles. The van der Waals surface area contributed by atoms with Gasteiger partial charge in [-0.15, -0.1) is 0 Å². The number of allylic oxidation sites excluding steroid dienone is 3. The Morgan fingerprint density at radius 3 is 2.32 bits per heavy atom. The fourth-order valence-electron chi connectivity index (χ4n) is 8.86. The van der Waals surface area contributed by atoms with Crippen LogP contribution in [0.15, 0.2) is 23.4 Å². The average Bonchev–Trinajstić information content (AvgIpc) is 3.09. The summed E-state index contributed by atoms with van der Waals surface area (Å²) in [4.78, 5) is 37.1. The van der Waals surface area contributed by atoms with Gasteiger partial charge in [-0.25, -0.2) is 0 Å². The molecule has 0 bridgehead atoms. The molecule has 4 rings (SSSR count). The van der Waals surface area contributed by atoms with Gasteiger partial charge in [0.15, 0.2) is 5.78 Å². The molecule has 3 fully saturated rings. The third-order valence-corrected chi connectivity index (χ3v) is 10.8. The van der Waals surface area contributed by atoms with E-state index < -0.39 is 0 Å². The highest BCUT2D eigenvalue weighted by Crippen LogP contribution is 2.67. The summed E-state index contributed by atoms with van der Waals surface area (Å²) in [6.45, 7) is 13.7. The van der Waals surface area contributed by atoms with E-state index >= 15 is 0 Å². The Morgan fingerprint density at radius 1 is 1.03 bits per heavy atom. The highest BCUT2D eigenvalue weighted by atomic mass is 16.5. The highest BCUT2D eigenvalue weighted by molar-refractivity contribution is 5.92. The molecule has 4 aliphatic rings. The molecule has 0 aliphatic heterocycles. The van der Waals surface area contributed by atoms with Crippen LogP contribution in [0.5, 0.6) is 0 Å². The smallest absolute Gasteiger partial charge is 0.302 e. The maximum Gasteiger partial charge on any atom is 0.302 e. The number of carbonyl (C=O) groups excluding carboxylic acids is 3. The predicted octanol–water partition coefficient (Wildman–Crippen LogP) is 5.74.